The molecule has 10 heteroatoms. The van der Waals surface area contributed by atoms with E-state index in [2.05, 4.69) is 0 Å². The van der Waals surface area contributed by atoms with Crippen LogP contribution in [-0.2, 0) is 19.6 Å². The van der Waals surface area contributed by atoms with Gasteiger partial charge in [0.25, 0.3) is 0 Å². The van der Waals surface area contributed by atoms with Crippen LogP contribution in [0.4, 0.5) is 14.4 Å². The van der Waals surface area contributed by atoms with Crippen LogP contribution in [0.2, 0.25) is 0 Å². The first-order chi connectivity index (χ1) is 23.3. The molecule has 262 valence electrons. The first kappa shape index (κ1) is 35.8. The molecule has 0 atom stereocenters. The van der Waals surface area contributed by atoms with Gasteiger partial charge >= 0.3 is 18.5 Å². The number of fused-ring (bicyclic) bond motifs is 3. The number of benzene rings is 4. The van der Waals surface area contributed by atoms with Gasteiger partial charge in [-0.1, -0.05) is 60.7 Å². The minimum atomic E-state index is -1.12. The van der Waals surface area contributed by atoms with Crippen LogP contribution in [0.5, 0.6) is 23.0 Å². The number of phenolic OH excluding ortho intramolecular Hbond substituents is 1. The molecule has 10 nitrogen and oxygen atoms in total. The molecule has 1 aliphatic rings. The van der Waals surface area contributed by atoms with E-state index in [-0.39, 0.29) is 23.0 Å². The van der Waals surface area contributed by atoms with E-state index in [4.69, 9.17) is 28.4 Å². The molecule has 0 fully saturated rings. The fourth-order valence-corrected chi connectivity index (χ4v) is 5.84. The van der Waals surface area contributed by atoms with Gasteiger partial charge < -0.3 is 33.5 Å². The molecule has 0 amide bonds. The van der Waals surface area contributed by atoms with Gasteiger partial charge in [-0.2, -0.15) is 0 Å². The maximum Gasteiger partial charge on any atom is 0.514 e. The van der Waals surface area contributed by atoms with Crippen LogP contribution in [0.1, 0.15) is 84.6 Å². The van der Waals surface area contributed by atoms with E-state index in [1.54, 1.807) is 86.6 Å². The van der Waals surface area contributed by atoms with E-state index in [1.807, 2.05) is 48.5 Å². The van der Waals surface area contributed by atoms with Gasteiger partial charge in [0.1, 0.15) is 16.8 Å². The van der Waals surface area contributed by atoms with E-state index >= 15 is 0 Å². The second kappa shape index (κ2) is 13.1. The van der Waals surface area contributed by atoms with Crippen LogP contribution in [0, 0.1) is 0 Å². The number of aromatic hydroxyl groups is 1. The largest absolute Gasteiger partial charge is 0.514 e. The van der Waals surface area contributed by atoms with Crippen LogP contribution in [0.15, 0.2) is 84.9 Å². The van der Waals surface area contributed by atoms with Crippen LogP contribution in [-0.4, -0.2) is 40.4 Å². The summed E-state index contributed by atoms with van der Waals surface area (Å²) in [6, 6.07) is 25.3. The first-order valence-corrected chi connectivity index (χ1v) is 16.2. The Balaban J connectivity index is 1.75. The van der Waals surface area contributed by atoms with Crippen molar-refractivity contribution < 1.29 is 47.9 Å². The van der Waals surface area contributed by atoms with Gasteiger partial charge in [-0.25, -0.2) is 14.4 Å². The van der Waals surface area contributed by atoms with Gasteiger partial charge in [0.05, 0.1) is 5.41 Å². The molecule has 0 aliphatic heterocycles. The topological polar surface area (TPSA) is 127 Å². The number of hydrogen-bond acceptors (Lipinski definition) is 10. The molecule has 0 unspecified atom stereocenters. The molecule has 5 rings (SSSR count). The smallest absolute Gasteiger partial charge is 0.504 e. The van der Waals surface area contributed by atoms with Crippen LogP contribution >= 0.6 is 0 Å². The number of ether oxygens (including phenoxy) is 6. The second-order valence-corrected chi connectivity index (χ2v) is 14.9. The highest BCUT2D eigenvalue weighted by Gasteiger charge is 2.47. The summed E-state index contributed by atoms with van der Waals surface area (Å²) in [4.78, 5) is 38.6. The first-order valence-electron chi connectivity index (χ1n) is 16.2. The molecule has 0 bridgehead atoms. The van der Waals surface area contributed by atoms with Crippen molar-refractivity contribution >= 4 is 18.5 Å². The summed E-state index contributed by atoms with van der Waals surface area (Å²) >= 11 is 0. The number of rotatable bonds is 5. The molecule has 0 saturated carbocycles. The third-order valence-electron chi connectivity index (χ3n) is 7.47. The summed E-state index contributed by atoms with van der Waals surface area (Å²) in [6.07, 6.45) is -2.99. The molecule has 1 aliphatic carbocycles. The minimum Gasteiger partial charge on any atom is -0.504 e. The zero-order chi connectivity index (χ0) is 36.6. The SMILES string of the molecule is CC(C)(C)OC(=O)Oc1cc(C2(c3ccc(OC(=O)OC(C)(C)C)c(OC(=O)OC(C)(C)C)c3)c3ccccc3-c3ccccc32)ccc1O. The predicted molar refractivity (Wildman–Crippen MR) is 186 cm³/mol. The molecule has 4 aromatic rings. The normalized spacial score (nSPS) is 13.4. The van der Waals surface area contributed by atoms with Gasteiger partial charge in [0.2, 0.25) is 0 Å². The fourth-order valence-electron chi connectivity index (χ4n) is 5.84. The van der Waals surface area contributed by atoms with Gasteiger partial charge in [-0.3, -0.25) is 0 Å². The Kier molecular flexibility index (Phi) is 9.36. The number of hydrogen-bond donors (Lipinski definition) is 1. The summed E-state index contributed by atoms with van der Waals surface area (Å²) in [7, 11) is 0. The quantitative estimate of drug-likeness (QED) is 0.109. The molecule has 0 saturated heterocycles. The third-order valence-corrected chi connectivity index (χ3v) is 7.47. The Bertz CT molecular complexity index is 1890. The average molecular weight is 683 g/mol. The Hall–Kier alpha value is -5.51. The predicted octanol–water partition coefficient (Wildman–Crippen LogP) is 9.70. The minimum absolute atomic E-state index is 0.0803. The second-order valence-electron chi connectivity index (χ2n) is 14.9. The lowest BCUT2D eigenvalue weighted by Crippen LogP contribution is -2.30. The maximum atomic E-state index is 13.1. The monoisotopic (exact) mass is 682 g/mol. The van der Waals surface area contributed by atoms with Crippen LogP contribution in [0.3, 0.4) is 0 Å². The van der Waals surface area contributed by atoms with E-state index < -0.39 is 40.7 Å². The summed E-state index contributed by atoms with van der Waals surface area (Å²) in [5, 5.41) is 10.8. The van der Waals surface area contributed by atoms with Crippen molar-refractivity contribution in [3.8, 4) is 34.1 Å². The van der Waals surface area contributed by atoms with Crippen LogP contribution in [0.25, 0.3) is 11.1 Å². The maximum absolute atomic E-state index is 13.1. The number of carbonyl (C=O) groups is 3. The molecule has 0 heterocycles. The number of carbonyl (C=O) groups excluding carboxylic acids is 3. The van der Waals surface area contributed by atoms with Gasteiger partial charge in [-0.15, -0.1) is 0 Å². The molecular formula is C40H42O10. The molecule has 1 N–H and O–H groups in total. The molecule has 4 aromatic carbocycles. The van der Waals surface area contributed by atoms with Crippen molar-refractivity contribution in [2.45, 2.75) is 84.5 Å². The zero-order valence-corrected chi connectivity index (χ0v) is 29.7. The molecule has 50 heavy (non-hydrogen) atoms. The molecule has 0 radical (unpaired) electrons. The summed E-state index contributed by atoms with van der Waals surface area (Å²) < 4.78 is 33.0. The van der Waals surface area contributed by atoms with Crippen molar-refractivity contribution in [1.29, 1.82) is 0 Å². The summed E-state index contributed by atoms with van der Waals surface area (Å²) in [6.45, 7) is 15.3. The van der Waals surface area contributed by atoms with Crippen molar-refractivity contribution in [2.75, 3.05) is 0 Å². The highest BCUT2D eigenvalue weighted by atomic mass is 16.8. The summed E-state index contributed by atoms with van der Waals surface area (Å²) in [5.41, 5.74) is 1.13. The van der Waals surface area contributed by atoms with Gasteiger partial charge in [0, 0.05) is 0 Å². The van der Waals surface area contributed by atoms with E-state index in [0.29, 0.717) is 11.1 Å². The van der Waals surface area contributed by atoms with E-state index in [9.17, 15) is 19.5 Å². The van der Waals surface area contributed by atoms with Gasteiger partial charge in [0.15, 0.2) is 23.0 Å². The fraction of sp³-hybridized carbons (Fsp3) is 0.325. The van der Waals surface area contributed by atoms with E-state index in [1.165, 1.54) is 12.1 Å². The van der Waals surface area contributed by atoms with Crippen molar-refractivity contribution in [3.05, 3.63) is 107 Å². The third kappa shape index (κ3) is 7.70. The summed E-state index contributed by atoms with van der Waals surface area (Å²) in [5.74, 6) is -0.575. The highest BCUT2D eigenvalue weighted by molar-refractivity contribution is 5.87. The Labute approximate surface area is 291 Å². The molecule has 0 aromatic heterocycles. The van der Waals surface area contributed by atoms with Crippen molar-refractivity contribution in [2.24, 2.45) is 0 Å². The lowest BCUT2D eigenvalue weighted by Gasteiger charge is -2.34. The van der Waals surface area contributed by atoms with E-state index in [0.717, 1.165) is 22.3 Å². The Morgan fingerprint density at radius 1 is 0.500 bits per heavy atom. The lowest BCUT2D eigenvalue weighted by molar-refractivity contribution is 0.0137. The standard InChI is InChI=1S/C40H42O10/c1-37(2,3)48-34(42)45-31-21-19-25(23-33(31)47-36(44)50-39(7,8)9)40(28-16-12-10-14-26(28)27-15-11-13-17-29(27)40)24-18-20-30(41)32(22-24)46-35(43)49-38(4,5)6/h10-23,41H,1-9H3. The van der Waals surface area contributed by atoms with Crippen LogP contribution < -0.4 is 14.2 Å². The molecule has 0 spiro atoms. The van der Waals surface area contributed by atoms with Gasteiger partial charge in [-0.05, 0) is 120 Å². The zero-order valence-electron chi connectivity index (χ0n) is 29.7. The highest BCUT2D eigenvalue weighted by Crippen LogP contribution is 2.57. The Morgan fingerprint density at radius 3 is 1.34 bits per heavy atom. The van der Waals surface area contributed by atoms with Crippen molar-refractivity contribution in [1.82, 2.24) is 0 Å². The number of phenols is 1. The van der Waals surface area contributed by atoms with Crippen molar-refractivity contribution in [3.63, 3.8) is 0 Å². The Morgan fingerprint density at radius 2 is 0.880 bits per heavy atom. The lowest BCUT2D eigenvalue weighted by atomic mass is 9.67. The molecular weight excluding hydrogens is 640 g/mol. The average Bonchev–Trinajstić information content (AvgIpc) is 3.27.